The number of benzene rings is 1. The molecule has 1 heterocycles. The van der Waals surface area contributed by atoms with Gasteiger partial charge in [-0.05, 0) is 37.9 Å². The molecule has 110 valence electrons. The van der Waals surface area contributed by atoms with E-state index in [1.807, 2.05) is 6.92 Å². The van der Waals surface area contributed by atoms with E-state index >= 15 is 0 Å². The molecule has 6 heteroatoms. The number of hydrogen-bond donors (Lipinski definition) is 2. The Hall–Kier alpha value is -1.56. The van der Waals surface area contributed by atoms with Gasteiger partial charge in [0.2, 0.25) is 5.91 Å². The molecule has 0 aliphatic carbocycles. The van der Waals surface area contributed by atoms with Gasteiger partial charge in [-0.15, -0.1) is 0 Å². The van der Waals surface area contributed by atoms with Crippen molar-refractivity contribution in [2.75, 3.05) is 11.9 Å². The molecule has 20 heavy (non-hydrogen) atoms. The first-order valence-corrected chi connectivity index (χ1v) is 6.70. The van der Waals surface area contributed by atoms with Crippen molar-refractivity contribution in [2.24, 2.45) is 0 Å². The molecule has 0 aromatic heterocycles. The molecule has 2 N–H and O–H groups in total. The Morgan fingerprint density at radius 1 is 1.35 bits per heavy atom. The van der Waals surface area contributed by atoms with Crippen molar-refractivity contribution in [3.63, 3.8) is 0 Å². The third-order valence-corrected chi connectivity index (χ3v) is 3.64. The number of nitrogens with one attached hydrogen (secondary N) is 2. The van der Waals surface area contributed by atoms with E-state index in [0.29, 0.717) is 19.4 Å². The monoisotopic (exact) mass is 286 g/mol. The Bertz CT molecular complexity index is 513. The van der Waals surface area contributed by atoms with Gasteiger partial charge in [0, 0.05) is 0 Å². The molecule has 3 nitrogen and oxygen atoms in total. The van der Waals surface area contributed by atoms with E-state index < -0.39 is 28.9 Å². The predicted octanol–water partition coefficient (Wildman–Crippen LogP) is 2.96. The number of amides is 1. The van der Waals surface area contributed by atoms with Crippen molar-refractivity contribution in [3.05, 3.63) is 29.6 Å². The van der Waals surface area contributed by atoms with E-state index in [9.17, 15) is 18.0 Å². The summed E-state index contributed by atoms with van der Waals surface area (Å²) in [5.74, 6) is -4.63. The topological polar surface area (TPSA) is 41.1 Å². The predicted molar refractivity (Wildman–Crippen MR) is 69.8 cm³/mol. The maximum Gasteiger partial charge on any atom is 0.244 e. The number of halogens is 3. The van der Waals surface area contributed by atoms with Crippen molar-refractivity contribution < 1.29 is 18.0 Å². The summed E-state index contributed by atoms with van der Waals surface area (Å²) in [6, 6.07) is 1.82. The van der Waals surface area contributed by atoms with Gasteiger partial charge in [0.05, 0.1) is 11.2 Å². The lowest BCUT2D eigenvalue weighted by molar-refractivity contribution is -0.122. The SMILES string of the molecule is CCCC1(C(=O)Nc2ccc(F)c(F)c2F)CCCN1. The molecule has 1 aromatic carbocycles. The Morgan fingerprint density at radius 2 is 2.10 bits per heavy atom. The highest BCUT2D eigenvalue weighted by Crippen LogP contribution is 2.28. The Labute approximate surface area is 115 Å². The molecule has 0 bridgehead atoms. The van der Waals surface area contributed by atoms with Crippen LogP contribution in [0.2, 0.25) is 0 Å². The van der Waals surface area contributed by atoms with Gasteiger partial charge in [-0.3, -0.25) is 4.79 Å². The zero-order valence-corrected chi connectivity index (χ0v) is 11.2. The first kappa shape index (κ1) is 14.8. The number of anilines is 1. The summed E-state index contributed by atoms with van der Waals surface area (Å²) in [6.45, 7) is 2.67. The van der Waals surface area contributed by atoms with Crippen LogP contribution in [0.4, 0.5) is 18.9 Å². The Balaban J connectivity index is 2.21. The lowest BCUT2D eigenvalue weighted by atomic mass is 9.90. The van der Waals surface area contributed by atoms with Crippen LogP contribution in [0.25, 0.3) is 0 Å². The first-order chi connectivity index (χ1) is 9.50. The highest BCUT2D eigenvalue weighted by molar-refractivity contribution is 5.98. The second-order valence-corrected chi connectivity index (χ2v) is 5.04. The number of rotatable bonds is 4. The van der Waals surface area contributed by atoms with Crippen LogP contribution < -0.4 is 10.6 Å². The van der Waals surface area contributed by atoms with Crippen molar-refractivity contribution >= 4 is 11.6 Å². The van der Waals surface area contributed by atoms with Crippen molar-refractivity contribution in [1.82, 2.24) is 5.32 Å². The minimum Gasteiger partial charge on any atom is -0.322 e. The molecule has 1 saturated heterocycles. The van der Waals surface area contributed by atoms with Gasteiger partial charge in [-0.2, -0.15) is 0 Å². The Kier molecular flexibility index (Phi) is 4.32. The zero-order chi connectivity index (χ0) is 14.8. The van der Waals surface area contributed by atoms with E-state index in [-0.39, 0.29) is 5.69 Å². The molecule has 1 fully saturated rings. The van der Waals surface area contributed by atoms with Crippen LogP contribution in [0.5, 0.6) is 0 Å². The number of carbonyl (C=O) groups is 1. The fraction of sp³-hybridized carbons (Fsp3) is 0.500. The molecule has 1 atom stereocenters. The van der Waals surface area contributed by atoms with Crippen molar-refractivity contribution in [2.45, 2.75) is 38.1 Å². The number of hydrogen-bond acceptors (Lipinski definition) is 2. The largest absolute Gasteiger partial charge is 0.322 e. The molecule has 0 radical (unpaired) electrons. The fourth-order valence-electron chi connectivity index (χ4n) is 2.62. The summed E-state index contributed by atoms with van der Waals surface area (Å²) in [4.78, 5) is 12.3. The van der Waals surface area contributed by atoms with Gasteiger partial charge in [0.25, 0.3) is 0 Å². The summed E-state index contributed by atoms with van der Waals surface area (Å²) in [6.07, 6.45) is 2.91. The fourth-order valence-corrected chi connectivity index (χ4v) is 2.62. The quantitative estimate of drug-likeness (QED) is 0.836. The van der Waals surface area contributed by atoms with E-state index in [1.165, 1.54) is 0 Å². The number of carbonyl (C=O) groups excluding carboxylic acids is 1. The molecule has 1 amide bonds. The lowest BCUT2D eigenvalue weighted by Gasteiger charge is -2.27. The smallest absolute Gasteiger partial charge is 0.244 e. The van der Waals surface area contributed by atoms with Gasteiger partial charge >= 0.3 is 0 Å². The average molecular weight is 286 g/mol. The van der Waals surface area contributed by atoms with Gasteiger partial charge in [-0.1, -0.05) is 13.3 Å². The molecule has 0 spiro atoms. The maximum absolute atomic E-state index is 13.6. The van der Waals surface area contributed by atoms with E-state index in [1.54, 1.807) is 0 Å². The first-order valence-electron chi connectivity index (χ1n) is 6.70. The lowest BCUT2D eigenvalue weighted by Crippen LogP contribution is -2.50. The van der Waals surface area contributed by atoms with Gasteiger partial charge in [0.15, 0.2) is 17.5 Å². The third-order valence-electron chi connectivity index (χ3n) is 3.64. The summed E-state index contributed by atoms with van der Waals surface area (Å²) in [5, 5.41) is 5.50. The van der Waals surface area contributed by atoms with Gasteiger partial charge < -0.3 is 10.6 Å². The molecule has 1 unspecified atom stereocenters. The second-order valence-electron chi connectivity index (χ2n) is 5.04. The molecular weight excluding hydrogens is 269 g/mol. The normalized spacial score (nSPS) is 22.0. The average Bonchev–Trinajstić information content (AvgIpc) is 2.90. The van der Waals surface area contributed by atoms with Crippen LogP contribution >= 0.6 is 0 Å². The minimum atomic E-state index is -1.58. The third kappa shape index (κ3) is 2.65. The van der Waals surface area contributed by atoms with E-state index in [0.717, 1.165) is 25.0 Å². The second kappa shape index (κ2) is 5.83. The van der Waals surface area contributed by atoms with Gasteiger partial charge in [-0.25, -0.2) is 13.2 Å². The molecule has 1 aliphatic heterocycles. The molecule has 1 aromatic rings. The van der Waals surface area contributed by atoms with Crippen LogP contribution in [-0.4, -0.2) is 18.0 Å². The summed E-state index contributed by atoms with van der Waals surface area (Å²) in [7, 11) is 0. The van der Waals surface area contributed by atoms with E-state index in [4.69, 9.17) is 0 Å². The van der Waals surface area contributed by atoms with Crippen LogP contribution in [0.15, 0.2) is 12.1 Å². The Morgan fingerprint density at radius 3 is 2.70 bits per heavy atom. The van der Waals surface area contributed by atoms with Crippen LogP contribution in [-0.2, 0) is 4.79 Å². The zero-order valence-electron chi connectivity index (χ0n) is 11.2. The highest BCUT2D eigenvalue weighted by atomic mass is 19.2. The van der Waals surface area contributed by atoms with Gasteiger partial charge in [0.1, 0.15) is 0 Å². The maximum atomic E-state index is 13.6. The van der Waals surface area contributed by atoms with Crippen LogP contribution in [0, 0.1) is 17.5 Å². The van der Waals surface area contributed by atoms with Crippen LogP contribution in [0.3, 0.4) is 0 Å². The highest BCUT2D eigenvalue weighted by Gasteiger charge is 2.40. The summed E-state index contributed by atoms with van der Waals surface area (Å²) < 4.78 is 39.6. The standard InChI is InChI=1S/C14H17F3N2O/c1-2-6-14(7-3-8-18-14)13(20)19-10-5-4-9(15)11(16)12(10)17/h4-5,18H,2-3,6-8H2,1H3,(H,19,20). The molecule has 0 saturated carbocycles. The summed E-state index contributed by atoms with van der Waals surface area (Å²) >= 11 is 0. The minimum absolute atomic E-state index is 0.335. The van der Waals surface area contributed by atoms with Crippen molar-refractivity contribution in [1.29, 1.82) is 0 Å². The summed E-state index contributed by atoms with van der Waals surface area (Å²) in [5.41, 5.74) is -1.08. The van der Waals surface area contributed by atoms with Crippen LogP contribution in [0.1, 0.15) is 32.6 Å². The molecule has 2 rings (SSSR count). The van der Waals surface area contributed by atoms with E-state index in [2.05, 4.69) is 10.6 Å². The molecular formula is C14H17F3N2O. The molecule has 1 aliphatic rings. The van der Waals surface area contributed by atoms with Crippen molar-refractivity contribution in [3.8, 4) is 0 Å².